The molecule has 0 aromatic heterocycles. The summed E-state index contributed by atoms with van der Waals surface area (Å²) < 4.78 is 0. The maximum Gasteiger partial charge on any atom is 0.315 e. The first-order chi connectivity index (χ1) is 9.01. The molecule has 4 heteroatoms. The maximum atomic E-state index is 11.5. The molecule has 1 atom stereocenters. The molecule has 0 radical (unpaired) electrons. The Bertz CT molecular complexity index is 398. The number of hydrogen-bond acceptors (Lipinski definition) is 2. The summed E-state index contributed by atoms with van der Waals surface area (Å²) in [6, 6.07) is 6.34. The Hall–Kier alpha value is -1.55. The van der Waals surface area contributed by atoms with Gasteiger partial charge in [0.1, 0.15) is 0 Å². The van der Waals surface area contributed by atoms with E-state index in [1.165, 1.54) is 16.7 Å². The van der Waals surface area contributed by atoms with Crippen LogP contribution in [0.2, 0.25) is 0 Å². The molecule has 0 aliphatic carbocycles. The van der Waals surface area contributed by atoms with Gasteiger partial charge in [-0.05, 0) is 39.2 Å². The van der Waals surface area contributed by atoms with Gasteiger partial charge in [-0.1, -0.05) is 29.3 Å². The molecular formula is C15H24N2O2. The van der Waals surface area contributed by atoms with Gasteiger partial charge < -0.3 is 15.7 Å². The Kier molecular flexibility index (Phi) is 6.36. The molecule has 3 N–H and O–H groups in total. The molecule has 0 saturated carbocycles. The number of benzene rings is 1. The number of urea groups is 1. The van der Waals surface area contributed by atoms with Crippen molar-refractivity contribution in [1.29, 1.82) is 0 Å². The fourth-order valence-electron chi connectivity index (χ4n) is 2.15. The summed E-state index contributed by atoms with van der Waals surface area (Å²) in [5.74, 6) is 0. The Morgan fingerprint density at radius 3 is 2.47 bits per heavy atom. The van der Waals surface area contributed by atoms with Gasteiger partial charge in [-0.15, -0.1) is 0 Å². The van der Waals surface area contributed by atoms with E-state index in [0.717, 1.165) is 6.42 Å². The number of amides is 2. The first-order valence-corrected chi connectivity index (χ1v) is 6.73. The van der Waals surface area contributed by atoms with Crippen molar-refractivity contribution in [1.82, 2.24) is 10.6 Å². The van der Waals surface area contributed by atoms with Crippen LogP contribution in [-0.2, 0) is 6.42 Å². The van der Waals surface area contributed by atoms with Gasteiger partial charge in [-0.3, -0.25) is 0 Å². The molecule has 0 bridgehead atoms. The molecule has 1 rings (SSSR count). The van der Waals surface area contributed by atoms with Crippen molar-refractivity contribution >= 4 is 6.03 Å². The van der Waals surface area contributed by atoms with Crippen molar-refractivity contribution in [2.24, 2.45) is 0 Å². The predicted octanol–water partition coefficient (Wildman–Crippen LogP) is 1.92. The van der Waals surface area contributed by atoms with E-state index in [9.17, 15) is 4.79 Å². The molecule has 0 aliphatic rings. The summed E-state index contributed by atoms with van der Waals surface area (Å²) in [4.78, 5) is 11.5. The van der Waals surface area contributed by atoms with Crippen molar-refractivity contribution in [3.63, 3.8) is 0 Å². The van der Waals surface area contributed by atoms with E-state index in [1.807, 2.05) is 6.92 Å². The van der Waals surface area contributed by atoms with Gasteiger partial charge in [0, 0.05) is 19.2 Å². The number of rotatable bonds is 6. The smallest absolute Gasteiger partial charge is 0.315 e. The average molecular weight is 264 g/mol. The number of carbonyl (C=O) groups is 1. The summed E-state index contributed by atoms with van der Waals surface area (Å²) in [6.45, 7) is 6.74. The van der Waals surface area contributed by atoms with Crippen molar-refractivity contribution in [3.8, 4) is 0 Å². The van der Waals surface area contributed by atoms with Crippen LogP contribution in [0.1, 0.15) is 30.0 Å². The molecule has 0 fully saturated rings. The standard InChI is InChI=1S/C15H24N2O2/c1-11-7-12(2)9-14(8-11)10-13(3)17-15(19)16-5-4-6-18/h7-9,13,18H,4-6,10H2,1-3H3,(H2,16,17,19). The largest absolute Gasteiger partial charge is 0.396 e. The molecule has 0 heterocycles. The van der Waals surface area contributed by atoms with Gasteiger partial charge in [0.05, 0.1) is 0 Å². The van der Waals surface area contributed by atoms with Crippen molar-refractivity contribution in [2.45, 2.75) is 39.7 Å². The molecule has 2 amide bonds. The normalized spacial score (nSPS) is 12.0. The molecule has 0 saturated heterocycles. The lowest BCUT2D eigenvalue weighted by atomic mass is 10.0. The molecule has 0 spiro atoms. The van der Waals surface area contributed by atoms with E-state index in [1.54, 1.807) is 0 Å². The summed E-state index contributed by atoms with van der Waals surface area (Å²) in [6.07, 6.45) is 1.40. The van der Waals surface area contributed by atoms with Gasteiger partial charge in [0.15, 0.2) is 0 Å². The monoisotopic (exact) mass is 264 g/mol. The first-order valence-electron chi connectivity index (χ1n) is 6.73. The number of aryl methyl sites for hydroxylation is 2. The number of carbonyl (C=O) groups excluding carboxylic acids is 1. The summed E-state index contributed by atoms with van der Waals surface area (Å²) in [5.41, 5.74) is 3.73. The molecule has 4 nitrogen and oxygen atoms in total. The second-order valence-electron chi connectivity index (χ2n) is 5.08. The Balaban J connectivity index is 2.41. The number of aliphatic hydroxyl groups is 1. The molecule has 0 aliphatic heterocycles. The predicted molar refractivity (Wildman–Crippen MR) is 77.3 cm³/mol. The highest BCUT2D eigenvalue weighted by molar-refractivity contribution is 5.74. The minimum absolute atomic E-state index is 0.0790. The van der Waals surface area contributed by atoms with Crippen LogP contribution in [0.3, 0.4) is 0 Å². The van der Waals surface area contributed by atoms with Crippen LogP contribution in [0, 0.1) is 13.8 Å². The highest BCUT2D eigenvalue weighted by Gasteiger charge is 2.08. The maximum absolute atomic E-state index is 11.5. The number of hydrogen-bond donors (Lipinski definition) is 3. The highest BCUT2D eigenvalue weighted by atomic mass is 16.3. The van der Waals surface area contributed by atoms with Crippen LogP contribution in [-0.4, -0.2) is 30.3 Å². The topological polar surface area (TPSA) is 61.4 Å². The molecule has 106 valence electrons. The van der Waals surface area contributed by atoms with E-state index in [2.05, 4.69) is 42.7 Å². The molecular weight excluding hydrogens is 240 g/mol. The lowest BCUT2D eigenvalue weighted by Crippen LogP contribution is -2.42. The third kappa shape index (κ3) is 6.25. The third-order valence-electron chi connectivity index (χ3n) is 2.82. The zero-order chi connectivity index (χ0) is 14.3. The van der Waals surface area contributed by atoms with Crippen LogP contribution in [0.25, 0.3) is 0 Å². The molecule has 1 aromatic rings. The second-order valence-corrected chi connectivity index (χ2v) is 5.08. The van der Waals surface area contributed by atoms with Gasteiger partial charge in [0.25, 0.3) is 0 Å². The van der Waals surface area contributed by atoms with E-state index in [4.69, 9.17) is 5.11 Å². The number of aliphatic hydroxyl groups excluding tert-OH is 1. The first kappa shape index (κ1) is 15.5. The van der Waals surface area contributed by atoms with Gasteiger partial charge >= 0.3 is 6.03 Å². The van der Waals surface area contributed by atoms with Gasteiger partial charge in [-0.2, -0.15) is 0 Å². The van der Waals surface area contributed by atoms with Crippen molar-refractivity contribution < 1.29 is 9.90 Å². The zero-order valence-corrected chi connectivity index (χ0v) is 12.0. The van der Waals surface area contributed by atoms with E-state index in [-0.39, 0.29) is 18.7 Å². The fraction of sp³-hybridized carbons (Fsp3) is 0.533. The van der Waals surface area contributed by atoms with E-state index < -0.39 is 0 Å². The Morgan fingerprint density at radius 1 is 1.26 bits per heavy atom. The van der Waals surface area contributed by atoms with Crippen LogP contribution in [0.4, 0.5) is 4.79 Å². The lowest BCUT2D eigenvalue weighted by molar-refractivity contribution is 0.235. The minimum atomic E-state index is -0.176. The van der Waals surface area contributed by atoms with Crippen molar-refractivity contribution in [3.05, 3.63) is 34.9 Å². The van der Waals surface area contributed by atoms with Gasteiger partial charge in [-0.25, -0.2) is 4.79 Å². The van der Waals surface area contributed by atoms with Crippen molar-refractivity contribution in [2.75, 3.05) is 13.2 Å². The fourth-order valence-corrected chi connectivity index (χ4v) is 2.15. The number of nitrogens with one attached hydrogen (secondary N) is 2. The molecule has 19 heavy (non-hydrogen) atoms. The van der Waals surface area contributed by atoms with Crippen LogP contribution >= 0.6 is 0 Å². The second kappa shape index (κ2) is 7.79. The third-order valence-corrected chi connectivity index (χ3v) is 2.82. The van der Waals surface area contributed by atoms with E-state index in [0.29, 0.717) is 13.0 Å². The summed E-state index contributed by atoms with van der Waals surface area (Å²) in [7, 11) is 0. The van der Waals surface area contributed by atoms with E-state index >= 15 is 0 Å². The Labute approximate surface area is 115 Å². The van der Waals surface area contributed by atoms with Crippen LogP contribution in [0.15, 0.2) is 18.2 Å². The highest BCUT2D eigenvalue weighted by Crippen LogP contribution is 2.10. The van der Waals surface area contributed by atoms with Crippen LogP contribution in [0.5, 0.6) is 0 Å². The molecule has 1 aromatic carbocycles. The summed E-state index contributed by atoms with van der Waals surface area (Å²) >= 11 is 0. The van der Waals surface area contributed by atoms with Crippen LogP contribution < -0.4 is 10.6 Å². The molecule has 1 unspecified atom stereocenters. The summed E-state index contributed by atoms with van der Waals surface area (Å²) in [5, 5.41) is 14.2. The van der Waals surface area contributed by atoms with Gasteiger partial charge in [0.2, 0.25) is 0 Å². The quantitative estimate of drug-likeness (QED) is 0.687. The zero-order valence-electron chi connectivity index (χ0n) is 12.0. The minimum Gasteiger partial charge on any atom is -0.396 e. The lowest BCUT2D eigenvalue weighted by Gasteiger charge is -2.15. The SMILES string of the molecule is Cc1cc(C)cc(CC(C)NC(=O)NCCCO)c1. The Morgan fingerprint density at radius 2 is 1.89 bits per heavy atom. The average Bonchev–Trinajstić information content (AvgIpc) is 2.27.